The number of anilines is 12. The maximum Gasteiger partial charge on any atom is 0.0540 e. The van der Waals surface area contributed by atoms with E-state index in [4.69, 9.17) is 0 Å². The van der Waals surface area contributed by atoms with Gasteiger partial charge in [-0.15, -0.1) is 0 Å². The van der Waals surface area contributed by atoms with Gasteiger partial charge in [-0.1, -0.05) is 188 Å². The predicted molar refractivity (Wildman–Crippen MR) is 326 cm³/mol. The lowest BCUT2D eigenvalue weighted by molar-refractivity contribution is 1.27. The van der Waals surface area contributed by atoms with Crippen molar-refractivity contribution in [3.63, 3.8) is 0 Å². The molecule has 0 N–H and O–H groups in total. The van der Waals surface area contributed by atoms with Crippen LogP contribution in [0.5, 0.6) is 0 Å². The van der Waals surface area contributed by atoms with Crippen LogP contribution in [-0.2, 0) is 0 Å². The molecular formula is C73H56N4. The maximum absolute atomic E-state index is 2.36. The molecule has 0 aliphatic rings. The van der Waals surface area contributed by atoms with Crippen LogP contribution in [0.3, 0.4) is 0 Å². The summed E-state index contributed by atoms with van der Waals surface area (Å²) in [6, 6.07) is 115. The Labute approximate surface area is 452 Å². The molecule has 0 aliphatic carbocycles. The Kier molecular flexibility index (Phi) is 13.7. The summed E-state index contributed by atoms with van der Waals surface area (Å²) in [5.74, 6) is 0. The first kappa shape index (κ1) is 47.8. The lowest BCUT2D eigenvalue weighted by Crippen LogP contribution is -2.11. The molecule has 12 aromatic rings. The van der Waals surface area contributed by atoms with Crippen molar-refractivity contribution < 1.29 is 0 Å². The molecule has 0 unspecified atom stereocenters. The molecule has 0 saturated heterocycles. The zero-order valence-electron chi connectivity index (χ0n) is 42.9. The van der Waals surface area contributed by atoms with Crippen LogP contribution in [-0.4, -0.2) is 0 Å². The largest absolute Gasteiger partial charge is 0.311 e. The standard InChI is InChI=1S/C73H56N4/c1-55-22-21-33-69(54-55)75(60-23-7-2-8-24-60)68-48-40-57(41-49-68)56-38-46-65(47-39-56)74(66-50-42-58(43-51-66)70-34-17-19-36-72(70)76(61-25-9-3-10-26-61)62-27-11-4-12-28-62)67-52-44-59(45-53-67)71-35-18-20-37-73(71)77(63-29-13-5-14-30-63)64-31-15-6-16-32-64/h2-54H,1H3. The van der Waals surface area contributed by atoms with E-state index in [-0.39, 0.29) is 0 Å². The summed E-state index contributed by atoms with van der Waals surface area (Å²) in [5.41, 5.74) is 21.2. The minimum Gasteiger partial charge on any atom is -0.311 e. The second-order valence-electron chi connectivity index (χ2n) is 19.1. The van der Waals surface area contributed by atoms with Crippen molar-refractivity contribution in [2.45, 2.75) is 6.92 Å². The number of para-hydroxylation sites is 7. The van der Waals surface area contributed by atoms with Gasteiger partial charge in [0.25, 0.3) is 0 Å². The molecular weight excluding hydrogens is 933 g/mol. The minimum absolute atomic E-state index is 1.05. The number of nitrogens with zero attached hydrogens (tertiary/aromatic N) is 4. The van der Waals surface area contributed by atoms with Gasteiger partial charge >= 0.3 is 0 Å². The van der Waals surface area contributed by atoms with Crippen molar-refractivity contribution in [1.29, 1.82) is 0 Å². The smallest absolute Gasteiger partial charge is 0.0540 e. The van der Waals surface area contributed by atoms with Gasteiger partial charge in [-0.3, -0.25) is 0 Å². The van der Waals surface area contributed by atoms with E-state index >= 15 is 0 Å². The number of hydrogen-bond acceptors (Lipinski definition) is 4. The van der Waals surface area contributed by atoms with Crippen LogP contribution >= 0.6 is 0 Å². The molecule has 0 heterocycles. The quantitative estimate of drug-likeness (QED) is 0.101. The fourth-order valence-electron chi connectivity index (χ4n) is 10.4. The van der Waals surface area contributed by atoms with Crippen LogP contribution in [0.4, 0.5) is 68.2 Å². The third-order valence-corrected chi connectivity index (χ3v) is 14.1. The highest BCUT2D eigenvalue weighted by molar-refractivity contribution is 5.91. The zero-order valence-corrected chi connectivity index (χ0v) is 42.9. The highest BCUT2D eigenvalue weighted by Gasteiger charge is 2.21. The van der Waals surface area contributed by atoms with Gasteiger partial charge in [-0.05, 0) is 168 Å². The van der Waals surface area contributed by atoms with Crippen LogP contribution in [0.15, 0.2) is 322 Å². The molecule has 0 radical (unpaired) electrons. The Bertz CT molecular complexity index is 3580. The molecule has 368 valence electrons. The number of benzene rings is 12. The number of rotatable bonds is 15. The van der Waals surface area contributed by atoms with Crippen molar-refractivity contribution in [2.24, 2.45) is 0 Å². The molecule has 12 aromatic carbocycles. The first-order valence-electron chi connectivity index (χ1n) is 26.2. The Balaban J connectivity index is 0.914. The van der Waals surface area contributed by atoms with Gasteiger partial charge in [0.05, 0.1) is 11.4 Å². The molecule has 0 fully saturated rings. The van der Waals surface area contributed by atoms with E-state index in [2.05, 4.69) is 348 Å². The van der Waals surface area contributed by atoms with E-state index in [0.29, 0.717) is 0 Å². The third kappa shape index (κ3) is 10.2. The first-order valence-corrected chi connectivity index (χ1v) is 26.2. The third-order valence-electron chi connectivity index (χ3n) is 14.1. The molecule has 0 aromatic heterocycles. The normalized spacial score (nSPS) is 10.9. The van der Waals surface area contributed by atoms with Crippen molar-refractivity contribution in [2.75, 3.05) is 19.6 Å². The molecule has 0 aliphatic heterocycles. The van der Waals surface area contributed by atoms with Crippen molar-refractivity contribution in [3.8, 4) is 33.4 Å². The van der Waals surface area contributed by atoms with Crippen molar-refractivity contribution >= 4 is 68.2 Å². The van der Waals surface area contributed by atoms with Crippen LogP contribution < -0.4 is 19.6 Å². The SMILES string of the molecule is Cc1cccc(N(c2ccccc2)c2ccc(-c3ccc(N(c4ccc(-c5ccccc5N(c5ccccc5)c5ccccc5)cc4)c4ccc(-c5ccccc5N(c5ccccc5)c5ccccc5)cc4)cc3)cc2)c1. The maximum atomic E-state index is 2.36. The van der Waals surface area contributed by atoms with Crippen molar-refractivity contribution in [1.82, 2.24) is 0 Å². The van der Waals surface area contributed by atoms with E-state index in [1.165, 1.54) is 5.56 Å². The fraction of sp³-hybridized carbons (Fsp3) is 0.0137. The molecule has 0 saturated carbocycles. The fourth-order valence-corrected chi connectivity index (χ4v) is 10.4. The molecule has 0 atom stereocenters. The van der Waals surface area contributed by atoms with E-state index in [9.17, 15) is 0 Å². The van der Waals surface area contributed by atoms with Gasteiger partial charge in [0.2, 0.25) is 0 Å². The van der Waals surface area contributed by atoms with E-state index in [1.807, 2.05) is 0 Å². The van der Waals surface area contributed by atoms with Crippen LogP contribution in [0.2, 0.25) is 0 Å². The molecule has 0 bridgehead atoms. The highest BCUT2D eigenvalue weighted by Crippen LogP contribution is 2.45. The average molecular weight is 989 g/mol. The molecule has 4 heteroatoms. The van der Waals surface area contributed by atoms with E-state index in [0.717, 1.165) is 102 Å². The molecule has 0 amide bonds. The summed E-state index contributed by atoms with van der Waals surface area (Å²) >= 11 is 0. The summed E-state index contributed by atoms with van der Waals surface area (Å²) in [6.45, 7) is 2.14. The lowest BCUT2D eigenvalue weighted by atomic mass is 10.00. The topological polar surface area (TPSA) is 13.0 Å². The summed E-state index contributed by atoms with van der Waals surface area (Å²) in [7, 11) is 0. The second-order valence-corrected chi connectivity index (χ2v) is 19.1. The Morgan fingerprint density at radius 2 is 0.429 bits per heavy atom. The van der Waals surface area contributed by atoms with Crippen LogP contribution in [0.25, 0.3) is 33.4 Å². The van der Waals surface area contributed by atoms with Gasteiger partial charge in [0.15, 0.2) is 0 Å². The Morgan fingerprint density at radius 1 is 0.182 bits per heavy atom. The minimum atomic E-state index is 1.05. The summed E-state index contributed by atoms with van der Waals surface area (Å²) in [6.07, 6.45) is 0. The zero-order chi connectivity index (χ0) is 51.8. The number of aryl methyl sites for hydroxylation is 1. The Morgan fingerprint density at radius 3 is 0.753 bits per heavy atom. The van der Waals surface area contributed by atoms with Crippen molar-refractivity contribution in [3.05, 3.63) is 327 Å². The Hall–Kier alpha value is -10.2. The van der Waals surface area contributed by atoms with Crippen LogP contribution in [0, 0.1) is 6.92 Å². The molecule has 12 rings (SSSR count). The first-order chi connectivity index (χ1) is 38.1. The van der Waals surface area contributed by atoms with Gasteiger partial charge in [0.1, 0.15) is 0 Å². The van der Waals surface area contributed by atoms with Gasteiger partial charge in [-0.2, -0.15) is 0 Å². The highest BCUT2D eigenvalue weighted by atomic mass is 15.2. The average Bonchev–Trinajstić information content (AvgIpc) is 3.52. The van der Waals surface area contributed by atoms with E-state index in [1.54, 1.807) is 0 Å². The lowest BCUT2D eigenvalue weighted by Gasteiger charge is -2.29. The summed E-state index contributed by atoms with van der Waals surface area (Å²) in [5, 5.41) is 0. The summed E-state index contributed by atoms with van der Waals surface area (Å²) in [4.78, 5) is 9.36. The van der Waals surface area contributed by atoms with Gasteiger partial charge in [0, 0.05) is 68.0 Å². The summed E-state index contributed by atoms with van der Waals surface area (Å²) < 4.78 is 0. The monoisotopic (exact) mass is 988 g/mol. The van der Waals surface area contributed by atoms with Crippen LogP contribution in [0.1, 0.15) is 5.56 Å². The molecule has 0 spiro atoms. The van der Waals surface area contributed by atoms with E-state index < -0.39 is 0 Å². The molecule has 4 nitrogen and oxygen atoms in total. The second kappa shape index (κ2) is 22.1. The molecule has 77 heavy (non-hydrogen) atoms. The number of hydrogen-bond donors (Lipinski definition) is 0. The van der Waals surface area contributed by atoms with Gasteiger partial charge < -0.3 is 19.6 Å². The van der Waals surface area contributed by atoms with Gasteiger partial charge in [-0.25, -0.2) is 0 Å². The predicted octanol–water partition coefficient (Wildman–Crippen LogP) is 20.9.